The first-order chi connectivity index (χ1) is 10.1. The van der Waals surface area contributed by atoms with Gasteiger partial charge in [-0.05, 0) is 30.7 Å². The number of nitriles is 1. The van der Waals surface area contributed by atoms with Crippen LogP contribution in [0.1, 0.15) is 12.5 Å². The molecule has 21 heavy (non-hydrogen) atoms. The van der Waals surface area contributed by atoms with Crippen molar-refractivity contribution in [2.75, 3.05) is 17.2 Å². The summed E-state index contributed by atoms with van der Waals surface area (Å²) in [5.74, 6) is 1.12. The van der Waals surface area contributed by atoms with Crippen LogP contribution in [0.4, 0.5) is 17.3 Å². The van der Waals surface area contributed by atoms with Crippen molar-refractivity contribution >= 4 is 40.5 Å². The Balaban J connectivity index is 2.22. The molecule has 1 aromatic heterocycles. The fourth-order valence-electron chi connectivity index (χ4n) is 1.78. The number of benzene rings is 1. The minimum atomic E-state index is 0.394. The van der Waals surface area contributed by atoms with E-state index in [1.807, 2.05) is 31.2 Å². The van der Waals surface area contributed by atoms with Gasteiger partial charge in [-0.25, -0.2) is 4.98 Å². The lowest BCUT2D eigenvalue weighted by Gasteiger charge is -2.12. The molecule has 0 amide bonds. The molecule has 0 aliphatic rings. The standard InChI is InChI=1S/C15H14Cl2N4/c1-2-19-14-12(16)9-13(17)15(21-14)20-11-5-3-10(4-6-11)7-8-18/h3-6,9H,2,7H2,1H3,(H2,19,20,21). The summed E-state index contributed by atoms with van der Waals surface area (Å²) >= 11 is 12.2. The number of aromatic nitrogens is 1. The van der Waals surface area contributed by atoms with Gasteiger partial charge in [0.25, 0.3) is 0 Å². The van der Waals surface area contributed by atoms with E-state index in [1.54, 1.807) is 6.07 Å². The summed E-state index contributed by atoms with van der Waals surface area (Å²) in [6.07, 6.45) is 0.394. The molecule has 0 aliphatic heterocycles. The number of rotatable bonds is 5. The highest BCUT2D eigenvalue weighted by Gasteiger charge is 2.09. The molecule has 2 aromatic rings. The van der Waals surface area contributed by atoms with Gasteiger partial charge in [0.1, 0.15) is 5.82 Å². The Morgan fingerprint density at radius 1 is 1.14 bits per heavy atom. The van der Waals surface area contributed by atoms with E-state index in [1.165, 1.54) is 0 Å². The molecule has 0 radical (unpaired) electrons. The molecule has 0 spiro atoms. The van der Waals surface area contributed by atoms with E-state index in [2.05, 4.69) is 21.7 Å². The van der Waals surface area contributed by atoms with Gasteiger partial charge >= 0.3 is 0 Å². The van der Waals surface area contributed by atoms with Crippen molar-refractivity contribution in [3.05, 3.63) is 45.9 Å². The summed E-state index contributed by atoms with van der Waals surface area (Å²) in [6, 6.07) is 11.3. The van der Waals surface area contributed by atoms with E-state index in [0.29, 0.717) is 28.1 Å². The Labute approximate surface area is 133 Å². The first kappa shape index (κ1) is 15.4. The molecule has 1 heterocycles. The monoisotopic (exact) mass is 320 g/mol. The molecule has 0 aliphatic carbocycles. The highest BCUT2D eigenvalue weighted by atomic mass is 35.5. The van der Waals surface area contributed by atoms with Crippen LogP contribution in [0.5, 0.6) is 0 Å². The predicted octanol–water partition coefficient (Wildman–Crippen LogP) is 4.63. The quantitative estimate of drug-likeness (QED) is 0.843. The lowest BCUT2D eigenvalue weighted by atomic mass is 10.1. The summed E-state index contributed by atoms with van der Waals surface area (Å²) in [5, 5.41) is 15.8. The van der Waals surface area contributed by atoms with E-state index in [9.17, 15) is 0 Å². The lowest BCUT2D eigenvalue weighted by Crippen LogP contribution is -2.03. The van der Waals surface area contributed by atoms with Crippen molar-refractivity contribution in [2.45, 2.75) is 13.3 Å². The Kier molecular flexibility index (Phi) is 5.26. The lowest BCUT2D eigenvalue weighted by molar-refractivity contribution is 1.16. The second kappa shape index (κ2) is 7.16. The van der Waals surface area contributed by atoms with Crippen LogP contribution in [0, 0.1) is 11.3 Å². The van der Waals surface area contributed by atoms with Crippen molar-refractivity contribution in [1.29, 1.82) is 5.26 Å². The van der Waals surface area contributed by atoms with E-state index in [-0.39, 0.29) is 0 Å². The van der Waals surface area contributed by atoms with Crippen LogP contribution < -0.4 is 10.6 Å². The maximum atomic E-state index is 8.66. The Hall–Kier alpha value is -1.96. The maximum absolute atomic E-state index is 8.66. The topological polar surface area (TPSA) is 60.7 Å². The summed E-state index contributed by atoms with van der Waals surface area (Å²) in [4.78, 5) is 4.38. The Morgan fingerprint density at radius 3 is 2.43 bits per heavy atom. The highest BCUT2D eigenvalue weighted by molar-refractivity contribution is 6.37. The fourth-order valence-corrected chi connectivity index (χ4v) is 2.25. The molecule has 0 atom stereocenters. The zero-order valence-electron chi connectivity index (χ0n) is 11.5. The van der Waals surface area contributed by atoms with Crippen molar-refractivity contribution in [1.82, 2.24) is 4.98 Å². The third-order valence-electron chi connectivity index (χ3n) is 2.77. The molecule has 0 saturated heterocycles. The fraction of sp³-hybridized carbons (Fsp3) is 0.200. The minimum absolute atomic E-state index is 0.394. The van der Waals surface area contributed by atoms with Crippen LogP contribution in [-0.4, -0.2) is 11.5 Å². The smallest absolute Gasteiger partial charge is 0.151 e. The zero-order chi connectivity index (χ0) is 15.2. The average Bonchev–Trinajstić information content (AvgIpc) is 2.46. The number of halogens is 2. The van der Waals surface area contributed by atoms with Gasteiger partial charge in [-0.1, -0.05) is 35.3 Å². The summed E-state index contributed by atoms with van der Waals surface area (Å²) in [5.41, 5.74) is 1.81. The maximum Gasteiger partial charge on any atom is 0.151 e. The van der Waals surface area contributed by atoms with Crippen molar-refractivity contribution in [3.8, 4) is 6.07 Å². The van der Waals surface area contributed by atoms with Crippen LogP contribution in [0.3, 0.4) is 0 Å². The largest absolute Gasteiger partial charge is 0.369 e. The van der Waals surface area contributed by atoms with E-state index in [0.717, 1.165) is 17.8 Å². The molecule has 0 unspecified atom stereocenters. The minimum Gasteiger partial charge on any atom is -0.369 e. The molecular weight excluding hydrogens is 307 g/mol. The molecule has 1 aromatic carbocycles. The third-order valence-corrected chi connectivity index (χ3v) is 3.35. The van der Waals surface area contributed by atoms with Gasteiger partial charge in [-0.2, -0.15) is 5.26 Å². The first-order valence-electron chi connectivity index (χ1n) is 6.47. The number of hydrogen-bond acceptors (Lipinski definition) is 4. The van der Waals surface area contributed by atoms with Gasteiger partial charge in [-0.15, -0.1) is 0 Å². The normalized spacial score (nSPS) is 10.0. The number of nitrogens with one attached hydrogen (secondary N) is 2. The molecule has 0 bridgehead atoms. The number of pyridine rings is 1. The summed E-state index contributed by atoms with van der Waals surface area (Å²) in [6.45, 7) is 2.68. The van der Waals surface area contributed by atoms with Gasteiger partial charge < -0.3 is 10.6 Å². The van der Waals surface area contributed by atoms with Crippen LogP contribution >= 0.6 is 23.2 Å². The van der Waals surface area contributed by atoms with Gasteiger partial charge in [-0.3, -0.25) is 0 Å². The molecule has 2 N–H and O–H groups in total. The van der Waals surface area contributed by atoms with E-state index in [4.69, 9.17) is 28.5 Å². The van der Waals surface area contributed by atoms with Crippen LogP contribution in [-0.2, 0) is 6.42 Å². The number of nitrogens with zero attached hydrogens (tertiary/aromatic N) is 2. The SMILES string of the molecule is CCNc1nc(Nc2ccc(CC#N)cc2)c(Cl)cc1Cl. The molecule has 2 rings (SSSR count). The number of anilines is 3. The van der Waals surface area contributed by atoms with Gasteiger partial charge in [0.2, 0.25) is 0 Å². The second-order valence-corrected chi connectivity index (χ2v) is 5.15. The van der Waals surface area contributed by atoms with Crippen LogP contribution in [0.15, 0.2) is 30.3 Å². The van der Waals surface area contributed by atoms with Crippen LogP contribution in [0.25, 0.3) is 0 Å². The highest BCUT2D eigenvalue weighted by Crippen LogP contribution is 2.31. The van der Waals surface area contributed by atoms with E-state index >= 15 is 0 Å². The van der Waals surface area contributed by atoms with Gasteiger partial charge in [0.05, 0.1) is 22.5 Å². The molecular formula is C15H14Cl2N4. The van der Waals surface area contributed by atoms with E-state index < -0.39 is 0 Å². The van der Waals surface area contributed by atoms with Crippen molar-refractivity contribution < 1.29 is 0 Å². The average molecular weight is 321 g/mol. The van der Waals surface area contributed by atoms with Crippen LogP contribution in [0.2, 0.25) is 10.0 Å². The Morgan fingerprint density at radius 2 is 1.81 bits per heavy atom. The Bertz CT molecular complexity index is 663. The second-order valence-electron chi connectivity index (χ2n) is 4.34. The summed E-state index contributed by atoms with van der Waals surface area (Å²) in [7, 11) is 0. The molecule has 4 nitrogen and oxygen atoms in total. The summed E-state index contributed by atoms with van der Waals surface area (Å²) < 4.78 is 0. The molecule has 0 saturated carbocycles. The van der Waals surface area contributed by atoms with Crippen molar-refractivity contribution in [2.24, 2.45) is 0 Å². The third kappa shape index (κ3) is 4.01. The van der Waals surface area contributed by atoms with Gasteiger partial charge in [0, 0.05) is 12.2 Å². The zero-order valence-corrected chi connectivity index (χ0v) is 13.0. The van der Waals surface area contributed by atoms with Gasteiger partial charge in [0.15, 0.2) is 5.82 Å². The predicted molar refractivity (Wildman–Crippen MR) is 87.5 cm³/mol. The molecule has 6 heteroatoms. The van der Waals surface area contributed by atoms with Crippen molar-refractivity contribution in [3.63, 3.8) is 0 Å². The molecule has 108 valence electrons. The number of hydrogen-bond donors (Lipinski definition) is 2. The molecule has 0 fully saturated rings. The first-order valence-corrected chi connectivity index (χ1v) is 7.22.